The normalized spacial score (nSPS) is 11.4. The second-order valence-electron chi connectivity index (χ2n) is 7.71. The minimum atomic E-state index is -0.407. The second kappa shape index (κ2) is 14.7. The van der Waals surface area contributed by atoms with Crippen LogP contribution in [0.5, 0.6) is 11.5 Å². The molecule has 0 saturated carbocycles. The minimum Gasteiger partial charge on any atom is -0.489 e. The first-order valence-corrected chi connectivity index (χ1v) is 11.6. The molecule has 0 unspecified atom stereocenters. The number of hydrogen-bond acceptors (Lipinski definition) is 8. The molecule has 0 aliphatic carbocycles. The Balaban J connectivity index is 1.55. The van der Waals surface area contributed by atoms with Crippen molar-refractivity contribution in [1.29, 1.82) is 0 Å². The maximum absolute atomic E-state index is 11.7. The third-order valence-electron chi connectivity index (χ3n) is 5.11. The maximum Gasteiger partial charge on any atom is 0.311 e. The van der Waals surface area contributed by atoms with Crippen LogP contribution in [0, 0.1) is 0 Å². The number of methoxy groups -OCH3 is 1. The number of hydrogen-bond donors (Lipinski definition) is 0. The molecular formula is C29H30N2O6. The van der Waals surface area contributed by atoms with Gasteiger partial charge in [-0.2, -0.15) is 0 Å². The number of benzene rings is 3. The topological polar surface area (TPSA) is 87.9 Å². The summed E-state index contributed by atoms with van der Waals surface area (Å²) in [7, 11) is 2.84. The van der Waals surface area contributed by atoms with Crippen LogP contribution in [0.2, 0.25) is 0 Å². The molecule has 0 fully saturated rings. The maximum atomic E-state index is 11.7. The highest BCUT2D eigenvalue weighted by atomic mass is 16.6. The molecule has 3 aromatic carbocycles. The first-order valence-electron chi connectivity index (χ1n) is 11.6. The van der Waals surface area contributed by atoms with Crippen LogP contribution in [0.3, 0.4) is 0 Å². The van der Waals surface area contributed by atoms with Crippen LogP contribution in [0.4, 0.5) is 0 Å². The molecule has 8 heteroatoms. The largest absolute Gasteiger partial charge is 0.489 e. The predicted molar refractivity (Wildman–Crippen MR) is 142 cm³/mol. The molecule has 0 amide bonds. The quantitative estimate of drug-likeness (QED) is 0.0994. The van der Waals surface area contributed by atoms with Crippen molar-refractivity contribution in [3.63, 3.8) is 0 Å². The van der Waals surface area contributed by atoms with E-state index in [0.29, 0.717) is 29.5 Å². The Kier molecular flexibility index (Phi) is 10.7. The van der Waals surface area contributed by atoms with Crippen molar-refractivity contribution in [3.05, 3.63) is 108 Å². The zero-order chi connectivity index (χ0) is 26.3. The van der Waals surface area contributed by atoms with E-state index in [1.807, 2.05) is 78.9 Å². The Morgan fingerprint density at radius 2 is 1.46 bits per heavy atom. The summed E-state index contributed by atoms with van der Waals surface area (Å²) >= 11 is 0. The van der Waals surface area contributed by atoms with Gasteiger partial charge in [0.15, 0.2) is 0 Å². The van der Waals surface area contributed by atoms with E-state index in [2.05, 4.69) is 16.9 Å². The van der Waals surface area contributed by atoms with E-state index < -0.39 is 5.97 Å². The molecule has 37 heavy (non-hydrogen) atoms. The van der Waals surface area contributed by atoms with Crippen LogP contribution in [-0.2, 0) is 25.8 Å². The monoisotopic (exact) mass is 502 g/mol. The van der Waals surface area contributed by atoms with Gasteiger partial charge < -0.3 is 23.9 Å². The van der Waals surface area contributed by atoms with Crippen LogP contribution in [0.1, 0.15) is 23.1 Å². The van der Waals surface area contributed by atoms with Crippen LogP contribution in [-0.4, -0.2) is 44.8 Å². The second-order valence-corrected chi connectivity index (χ2v) is 7.71. The summed E-state index contributed by atoms with van der Waals surface area (Å²) < 4.78 is 16.5. The zero-order valence-electron chi connectivity index (χ0n) is 21.0. The fraction of sp³-hybridized carbons (Fsp3) is 0.207. The third-order valence-corrected chi connectivity index (χ3v) is 5.11. The molecule has 3 rings (SSSR count). The summed E-state index contributed by atoms with van der Waals surface area (Å²) in [4.78, 5) is 21.8. The van der Waals surface area contributed by atoms with Gasteiger partial charge in [0, 0.05) is 11.1 Å². The Labute approximate surface area is 216 Å². The fourth-order valence-corrected chi connectivity index (χ4v) is 3.21. The Bertz CT molecular complexity index is 1190. The molecule has 0 atom stereocenters. The van der Waals surface area contributed by atoms with Gasteiger partial charge in [-0.25, -0.2) is 0 Å². The highest BCUT2D eigenvalue weighted by molar-refractivity contribution is 6.09. The van der Waals surface area contributed by atoms with Crippen LogP contribution < -0.4 is 9.47 Å². The van der Waals surface area contributed by atoms with E-state index in [9.17, 15) is 4.79 Å². The third kappa shape index (κ3) is 8.85. The van der Waals surface area contributed by atoms with Gasteiger partial charge in [0.2, 0.25) is 0 Å². The number of rotatable bonds is 14. The van der Waals surface area contributed by atoms with E-state index in [-0.39, 0.29) is 19.6 Å². The summed E-state index contributed by atoms with van der Waals surface area (Å²) in [6.07, 6.45) is 1.57. The smallest absolute Gasteiger partial charge is 0.311 e. The van der Waals surface area contributed by atoms with E-state index >= 15 is 0 Å². The van der Waals surface area contributed by atoms with Gasteiger partial charge in [-0.3, -0.25) is 4.79 Å². The van der Waals surface area contributed by atoms with E-state index in [1.165, 1.54) is 14.2 Å². The van der Waals surface area contributed by atoms with E-state index in [1.54, 1.807) is 6.08 Å². The van der Waals surface area contributed by atoms with Crippen molar-refractivity contribution in [1.82, 2.24) is 0 Å². The molecule has 0 spiro atoms. The number of carbonyl (C=O) groups is 1. The van der Waals surface area contributed by atoms with Gasteiger partial charge in [-0.05, 0) is 42.0 Å². The molecule has 0 bridgehead atoms. The lowest BCUT2D eigenvalue weighted by Gasteiger charge is -2.11. The lowest BCUT2D eigenvalue weighted by atomic mass is 10.1. The molecule has 8 nitrogen and oxygen atoms in total. The predicted octanol–water partition coefficient (Wildman–Crippen LogP) is 5.16. The summed E-state index contributed by atoms with van der Waals surface area (Å²) in [5.41, 5.74) is 3.81. The molecule has 0 heterocycles. The average molecular weight is 503 g/mol. The van der Waals surface area contributed by atoms with Gasteiger partial charge in [-0.1, -0.05) is 65.4 Å². The Morgan fingerprint density at radius 1 is 0.811 bits per heavy atom. The van der Waals surface area contributed by atoms with Gasteiger partial charge in [-0.15, -0.1) is 0 Å². The lowest BCUT2D eigenvalue weighted by molar-refractivity contribution is -0.139. The molecule has 3 aromatic rings. The standard InChI is InChI=1S/C29H30N2O6/c1-4-18-37-31-27(19-29(32)33-2)24-12-16-26(17-13-24)35-20-22-10-14-25(15-11-22)36-21-28(30-34-3)23-8-6-5-7-9-23/h4-17H,1,18-21H2,2-3H3. The molecule has 0 radical (unpaired) electrons. The van der Waals surface area contributed by atoms with Crippen molar-refractivity contribution in [2.45, 2.75) is 13.0 Å². The summed E-state index contributed by atoms with van der Waals surface area (Å²) in [5.74, 6) is 0.983. The number of oxime groups is 2. The van der Waals surface area contributed by atoms with Gasteiger partial charge in [0.25, 0.3) is 0 Å². The summed E-state index contributed by atoms with van der Waals surface area (Å²) in [6.45, 7) is 4.48. The summed E-state index contributed by atoms with van der Waals surface area (Å²) in [6, 6.07) is 24.7. The molecular weight excluding hydrogens is 472 g/mol. The van der Waals surface area contributed by atoms with Crippen LogP contribution in [0.25, 0.3) is 0 Å². The highest BCUT2D eigenvalue weighted by Gasteiger charge is 2.12. The Morgan fingerprint density at radius 3 is 2.11 bits per heavy atom. The minimum absolute atomic E-state index is 0.00751. The molecule has 0 aliphatic heterocycles. The number of carbonyl (C=O) groups excluding carboxylic acids is 1. The van der Waals surface area contributed by atoms with Crippen molar-refractivity contribution >= 4 is 17.4 Å². The van der Waals surface area contributed by atoms with Crippen molar-refractivity contribution in [2.24, 2.45) is 10.3 Å². The van der Waals surface area contributed by atoms with Gasteiger partial charge >= 0.3 is 5.97 Å². The van der Waals surface area contributed by atoms with Crippen molar-refractivity contribution in [2.75, 3.05) is 27.4 Å². The van der Waals surface area contributed by atoms with Crippen LogP contribution in [0.15, 0.2) is 102 Å². The number of ether oxygens (including phenoxy) is 3. The summed E-state index contributed by atoms with van der Waals surface area (Å²) in [5, 5.41) is 8.11. The molecule has 0 N–H and O–H groups in total. The van der Waals surface area contributed by atoms with Crippen molar-refractivity contribution < 1.29 is 28.7 Å². The SMILES string of the molecule is C=CCON=C(CC(=O)OC)c1ccc(OCc2ccc(OCC(=NOC)c3ccccc3)cc2)cc1. The molecule has 0 saturated heterocycles. The van der Waals surface area contributed by atoms with E-state index in [0.717, 1.165) is 16.7 Å². The molecule has 0 aromatic heterocycles. The van der Waals surface area contributed by atoms with Crippen molar-refractivity contribution in [3.8, 4) is 11.5 Å². The first-order chi connectivity index (χ1) is 18.1. The molecule has 192 valence electrons. The fourth-order valence-electron chi connectivity index (χ4n) is 3.21. The van der Waals surface area contributed by atoms with E-state index in [4.69, 9.17) is 23.9 Å². The highest BCUT2D eigenvalue weighted by Crippen LogP contribution is 2.18. The first kappa shape index (κ1) is 27.0. The number of nitrogens with zero attached hydrogens (tertiary/aromatic N) is 2. The number of esters is 1. The van der Waals surface area contributed by atoms with Gasteiger partial charge in [0.05, 0.1) is 19.2 Å². The van der Waals surface area contributed by atoms with Gasteiger partial charge in [0.1, 0.15) is 44.1 Å². The lowest BCUT2D eigenvalue weighted by Crippen LogP contribution is -2.13. The van der Waals surface area contributed by atoms with Crippen LogP contribution >= 0.6 is 0 Å². The zero-order valence-corrected chi connectivity index (χ0v) is 21.0. The molecule has 0 aliphatic rings. The Hall–Kier alpha value is -4.59. The average Bonchev–Trinajstić information content (AvgIpc) is 2.95.